The smallest absolute Gasteiger partial charge is 0 e. The third kappa shape index (κ3) is 51.9. The second-order valence-corrected chi connectivity index (χ2v) is 2.16. The van der Waals surface area contributed by atoms with Crippen LogP contribution >= 0.6 is 37.2 Å². The second-order valence-electron chi connectivity index (χ2n) is 2.16. The van der Waals surface area contributed by atoms with Gasteiger partial charge in [0.2, 0.25) is 0 Å². The molecule has 0 atom stereocenters. The summed E-state index contributed by atoms with van der Waals surface area (Å²) in [5.74, 6) is 0. The molecule has 0 aliphatic heterocycles. The van der Waals surface area contributed by atoms with Crippen molar-refractivity contribution >= 4 is 37.2 Å². The molecule has 3 heteroatoms. The van der Waals surface area contributed by atoms with Crippen molar-refractivity contribution < 1.29 is 0 Å². The van der Waals surface area contributed by atoms with Crippen molar-refractivity contribution in [1.82, 2.24) is 5.32 Å². The third-order valence-corrected chi connectivity index (χ3v) is 0.780. The van der Waals surface area contributed by atoms with Crippen LogP contribution in [-0.4, -0.2) is 13.6 Å². The number of rotatable bonds is 3. The van der Waals surface area contributed by atoms with Crippen LogP contribution in [0.1, 0.15) is 40.0 Å². The lowest BCUT2D eigenvalue weighted by molar-refractivity contribution is 0.711. The topological polar surface area (TPSA) is 12.0 Å². The molecule has 0 heterocycles. The van der Waals surface area contributed by atoms with Gasteiger partial charge < -0.3 is 5.32 Å². The predicted octanol–water partition coefficient (Wildman–Crippen LogP) is 4.19. The first-order valence-electron chi connectivity index (χ1n) is 4.12. The molecule has 0 saturated heterocycles. The van der Waals surface area contributed by atoms with Gasteiger partial charge in [-0.2, -0.15) is 0 Å². The van der Waals surface area contributed by atoms with Crippen LogP contribution in [-0.2, 0) is 0 Å². The van der Waals surface area contributed by atoms with E-state index in [0.29, 0.717) is 0 Å². The second kappa shape index (κ2) is 30.1. The van der Waals surface area contributed by atoms with Crippen LogP contribution in [0.5, 0.6) is 0 Å². The Balaban J connectivity index is -0.000000109. The van der Waals surface area contributed by atoms with Crippen LogP contribution in [0.15, 0.2) is 0 Å². The van der Waals surface area contributed by atoms with E-state index < -0.39 is 0 Å². The van der Waals surface area contributed by atoms with Gasteiger partial charge in [0.05, 0.1) is 0 Å². The third-order valence-electron chi connectivity index (χ3n) is 0.780. The SMILES string of the molecule is CCC.CCCCNC.II. The Bertz CT molecular complexity index is 31.3. The van der Waals surface area contributed by atoms with Crippen LogP contribution in [0, 0.1) is 0 Å². The molecule has 72 valence electrons. The summed E-state index contributed by atoms with van der Waals surface area (Å²) in [6.07, 6.45) is 3.84. The molecule has 0 aromatic rings. The Morgan fingerprint density at radius 1 is 1.09 bits per heavy atom. The Morgan fingerprint density at radius 3 is 1.55 bits per heavy atom. The maximum absolute atomic E-state index is 3.07. The summed E-state index contributed by atoms with van der Waals surface area (Å²) < 4.78 is 0. The minimum absolute atomic E-state index is 1.16. The molecule has 0 unspecified atom stereocenters. The average Bonchev–Trinajstić information content (AvgIpc) is 2.06. The summed E-state index contributed by atoms with van der Waals surface area (Å²) in [7, 11) is 1.98. The fraction of sp³-hybridized carbons (Fsp3) is 1.00. The molecule has 0 bridgehead atoms. The van der Waals surface area contributed by atoms with Gasteiger partial charge >= 0.3 is 0 Å². The van der Waals surface area contributed by atoms with Gasteiger partial charge in [-0.1, -0.05) is 33.6 Å². The Labute approximate surface area is 95.4 Å². The standard InChI is InChI=1S/C5H13N.C3H8.I2/c1-3-4-5-6-2;1-3-2;1-2/h6H,3-5H2,1-2H3;3H2,1-2H3;. The Hall–Kier alpha value is 1.42. The van der Waals surface area contributed by atoms with Crippen molar-refractivity contribution in [2.75, 3.05) is 13.6 Å². The lowest BCUT2D eigenvalue weighted by Gasteiger charge is -1.89. The fourth-order valence-corrected chi connectivity index (χ4v) is 0.354. The summed E-state index contributed by atoms with van der Waals surface area (Å²) in [6, 6.07) is 0. The molecule has 1 nitrogen and oxygen atoms in total. The Kier molecular flexibility index (Phi) is 49.9. The molecule has 11 heavy (non-hydrogen) atoms. The summed E-state index contributed by atoms with van der Waals surface area (Å²) in [5.41, 5.74) is 0. The van der Waals surface area contributed by atoms with E-state index in [9.17, 15) is 0 Å². The minimum atomic E-state index is 1.16. The van der Waals surface area contributed by atoms with Gasteiger partial charge in [-0.25, -0.2) is 0 Å². The van der Waals surface area contributed by atoms with E-state index >= 15 is 0 Å². The van der Waals surface area contributed by atoms with Crippen molar-refractivity contribution in [1.29, 1.82) is 0 Å². The number of unbranched alkanes of at least 4 members (excludes halogenated alkanes) is 1. The lowest BCUT2D eigenvalue weighted by atomic mass is 10.3. The summed E-state index contributed by atoms with van der Waals surface area (Å²) in [5, 5.41) is 3.07. The minimum Gasteiger partial charge on any atom is -0.320 e. The number of hydrogen-bond acceptors (Lipinski definition) is 1. The molecule has 0 radical (unpaired) electrons. The highest BCUT2D eigenvalue weighted by Gasteiger charge is 1.73. The zero-order chi connectivity index (χ0) is 9.54. The molecule has 0 amide bonds. The fourth-order valence-electron chi connectivity index (χ4n) is 0.354. The Morgan fingerprint density at radius 2 is 1.45 bits per heavy atom. The van der Waals surface area contributed by atoms with E-state index in [1.54, 1.807) is 0 Å². The van der Waals surface area contributed by atoms with Crippen LogP contribution in [0.25, 0.3) is 0 Å². The summed E-state index contributed by atoms with van der Waals surface area (Å²) >= 11 is 4.24. The number of halogens is 2. The molecule has 0 spiro atoms. The van der Waals surface area contributed by atoms with E-state index in [1.165, 1.54) is 19.3 Å². The quantitative estimate of drug-likeness (QED) is 0.568. The molecule has 0 aromatic carbocycles. The molecule has 0 aliphatic carbocycles. The molecule has 0 aliphatic rings. The first kappa shape index (κ1) is 18.3. The molecule has 0 fully saturated rings. The summed E-state index contributed by atoms with van der Waals surface area (Å²) in [6.45, 7) is 7.60. The van der Waals surface area contributed by atoms with E-state index in [0.717, 1.165) is 6.54 Å². The normalized spacial score (nSPS) is 7.09. The van der Waals surface area contributed by atoms with Crippen molar-refractivity contribution in [3.05, 3.63) is 0 Å². The van der Waals surface area contributed by atoms with Gasteiger partial charge in [0.15, 0.2) is 0 Å². The van der Waals surface area contributed by atoms with Crippen molar-refractivity contribution in [2.45, 2.75) is 40.0 Å². The van der Waals surface area contributed by atoms with Gasteiger partial charge in [-0.05, 0) is 20.0 Å². The molecular formula is C8H21I2N. The number of hydrogen-bond donors (Lipinski definition) is 1. The van der Waals surface area contributed by atoms with E-state index in [2.05, 4.69) is 63.3 Å². The van der Waals surface area contributed by atoms with Gasteiger partial charge in [-0.3, -0.25) is 0 Å². The lowest BCUT2D eigenvalue weighted by Crippen LogP contribution is -2.06. The van der Waals surface area contributed by atoms with E-state index in [-0.39, 0.29) is 0 Å². The van der Waals surface area contributed by atoms with Gasteiger partial charge in [0, 0.05) is 37.2 Å². The zero-order valence-corrected chi connectivity index (χ0v) is 12.4. The highest BCUT2D eigenvalue weighted by atomic mass is 128. The molecule has 0 rings (SSSR count). The van der Waals surface area contributed by atoms with Gasteiger partial charge in [0.1, 0.15) is 0 Å². The van der Waals surface area contributed by atoms with E-state index in [1.807, 2.05) is 7.05 Å². The molecule has 0 saturated carbocycles. The van der Waals surface area contributed by atoms with Crippen molar-refractivity contribution in [2.24, 2.45) is 0 Å². The first-order valence-corrected chi connectivity index (χ1v) is 10.4. The monoisotopic (exact) mass is 385 g/mol. The predicted molar refractivity (Wildman–Crippen MR) is 72.8 cm³/mol. The van der Waals surface area contributed by atoms with Gasteiger partial charge in [-0.15, -0.1) is 0 Å². The maximum Gasteiger partial charge on any atom is 0 e. The van der Waals surface area contributed by atoms with Gasteiger partial charge in [0.25, 0.3) is 0 Å². The van der Waals surface area contributed by atoms with Crippen LogP contribution in [0.4, 0.5) is 0 Å². The van der Waals surface area contributed by atoms with Crippen molar-refractivity contribution in [3.63, 3.8) is 0 Å². The summed E-state index contributed by atoms with van der Waals surface area (Å²) in [4.78, 5) is 0. The maximum atomic E-state index is 3.07. The highest BCUT2D eigenvalue weighted by molar-refractivity contribution is 15.0. The largest absolute Gasteiger partial charge is 0.320 e. The molecule has 1 N–H and O–H groups in total. The average molecular weight is 385 g/mol. The zero-order valence-electron chi connectivity index (χ0n) is 8.08. The van der Waals surface area contributed by atoms with Crippen LogP contribution in [0.3, 0.4) is 0 Å². The highest BCUT2D eigenvalue weighted by Crippen LogP contribution is 1.89. The van der Waals surface area contributed by atoms with E-state index in [4.69, 9.17) is 0 Å². The number of nitrogens with one attached hydrogen (secondary N) is 1. The molecular weight excluding hydrogens is 364 g/mol. The molecule has 0 aromatic heterocycles. The van der Waals surface area contributed by atoms with Crippen molar-refractivity contribution in [3.8, 4) is 0 Å². The van der Waals surface area contributed by atoms with Crippen LogP contribution < -0.4 is 5.32 Å². The first-order chi connectivity index (χ1) is 5.33. The van der Waals surface area contributed by atoms with Crippen LogP contribution in [0.2, 0.25) is 0 Å².